The average molecular weight is 306 g/mol. The van der Waals surface area contributed by atoms with Gasteiger partial charge >= 0.3 is 0 Å². The number of hydrogen-bond acceptors (Lipinski definition) is 5. The number of nitrogens with one attached hydrogen (secondary N) is 1. The van der Waals surface area contributed by atoms with Crippen LogP contribution in [0.2, 0.25) is 0 Å². The Bertz CT molecular complexity index is 551. The Kier molecular flexibility index (Phi) is 6.50. The highest BCUT2D eigenvalue weighted by Gasteiger charge is 2.10. The van der Waals surface area contributed by atoms with Crippen molar-refractivity contribution in [3.05, 3.63) is 35.7 Å². The third-order valence-electron chi connectivity index (χ3n) is 2.41. The van der Waals surface area contributed by atoms with Gasteiger partial charge in [0.2, 0.25) is 11.7 Å². The molecule has 0 saturated heterocycles. The SMILES string of the molecule is COCCNCc1nc(-c2ccc(F)c(F)c2)no1.Cl. The van der Waals surface area contributed by atoms with Gasteiger partial charge in [0, 0.05) is 19.2 Å². The third kappa shape index (κ3) is 4.22. The molecule has 1 N–H and O–H groups in total. The number of methoxy groups -OCH3 is 1. The first-order chi connectivity index (χ1) is 9.20. The van der Waals surface area contributed by atoms with Gasteiger partial charge in [-0.25, -0.2) is 8.78 Å². The van der Waals surface area contributed by atoms with Crippen molar-refractivity contribution in [3.63, 3.8) is 0 Å². The van der Waals surface area contributed by atoms with E-state index in [2.05, 4.69) is 15.5 Å². The summed E-state index contributed by atoms with van der Waals surface area (Å²) >= 11 is 0. The molecule has 20 heavy (non-hydrogen) atoms. The first-order valence-electron chi connectivity index (χ1n) is 5.68. The fourth-order valence-corrected chi connectivity index (χ4v) is 1.45. The Balaban J connectivity index is 0.00000200. The quantitative estimate of drug-likeness (QED) is 0.829. The van der Waals surface area contributed by atoms with Gasteiger partial charge in [-0.05, 0) is 18.2 Å². The summed E-state index contributed by atoms with van der Waals surface area (Å²) in [5.74, 6) is -1.26. The van der Waals surface area contributed by atoms with Gasteiger partial charge in [-0.2, -0.15) is 4.98 Å². The number of benzene rings is 1. The number of nitrogens with zero attached hydrogens (tertiary/aromatic N) is 2. The summed E-state index contributed by atoms with van der Waals surface area (Å²) in [7, 11) is 1.61. The Morgan fingerprint density at radius 2 is 2.10 bits per heavy atom. The van der Waals surface area contributed by atoms with Crippen LogP contribution in [0, 0.1) is 11.6 Å². The fourth-order valence-electron chi connectivity index (χ4n) is 1.45. The standard InChI is InChI=1S/C12H13F2N3O2.ClH/c1-18-5-4-15-7-11-16-12(17-19-11)8-2-3-9(13)10(14)6-8;/h2-3,6,15H,4-5,7H2,1H3;1H. The van der Waals surface area contributed by atoms with Crippen molar-refractivity contribution in [2.45, 2.75) is 6.54 Å². The highest BCUT2D eigenvalue weighted by molar-refractivity contribution is 5.85. The number of ether oxygens (including phenoxy) is 1. The van der Waals surface area contributed by atoms with Gasteiger partial charge in [0.05, 0.1) is 13.2 Å². The van der Waals surface area contributed by atoms with Crippen LogP contribution in [0.5, 0.6) is 0 Å². The molecule has 2 aromatic rings. The second kappa shape index (κ2) is 7.88. The van der Waals surface area contributed by atoms with Crippen molar-refractivity contribution in [3.8, 4) is 11.4 Å². The molecular formula is C12H14ClF2N3O2. The molecule has 0 fully saturated rings. The van der Waals surface area contributed by atoms with E-state index >= 15 is 0 Å². The first kappa shape index (κ1) is 16.5. The van der Waals surface area contributed by atoms with Gasteiger partial charge in [-0.3, -0.25) is 0 Å². The van der Waals surface area contributed by atoms with E-state index in [1.54, 1.807) is 7.11 Å². The van der Waals surface area contributed by atoms with Crippen molar-refractivity contribution < 1.29 is 18.0 Å². The van der Waals surface area contributed by atoms with Gasteiger partial charge in [-0.1, -0.05) is 5.16 Å². The Morgan fingerprint density at radius 1 is 1.30 bits per heavy atom. The number of halogens is 3. The monoisotopic (exact) mass is 305 g/mol. The van der Waals surface area contributed by atoms with Gasteiger partial charge in [0.25, 0.3) is 0 Å². The maximum absolute atomic E-state index is 13.1. The van der Waals surface area contributed by atoms with E-state index in [-0.39, 0.29) is 18.2 Å². The zero-order chi connectivity index (χ0) is 13.7. The van der Waals surface area contributed by atoms with Crippen LogP contribution < -0.4 is 5.32 Å². The highest BCUT2D eigenvalue weighted by Crippen LogP contribution is 2.18. The van der Waals surface area contributed by atoms with Crippen LogP contribution in [0.4, 0.5) is 8.78 Å². The highest BCUT2D eigenvalue weighted by atomic mass is 35.5. The van der Waals surface area contributed by atoms with Crippen LogP contribution in [-0.2, 0) is 11.3 Å². The van der Waals surface area contributed by atoms with E-state index < -0.39 is 11.6 Å². The molecule has 1 aromatic carbocycles. The molecule has 0 aliphatic carbocycles. The first-order valence-corrected chi connectivity index (χ1v) is 5.68. The van der Waals surface area contributed by atoms with Crippen LogP contribution >= 0.6 is 12.4 Å². The minimum absolute atomic E-state index is 0. The molecule has 1 heterocycles. The summed E-state index contributed by atoms with van der Waals surface area (Å²) in [5, 5.41) is 6.74. The van der Waals surface area contributed by atoms with E-state index in [0.717, 1.165) is 12.1 Å². The van der Waals surface area contributed by atoms with E-state index in [1.807, 2.05) is 0 Å². The second-order valence-electron chi connectivity index (χ2n) is 3.81. The molecule has 1 aromatic heterocycles. The molecule has 0 radical (unpaired) electrons. The maximum atomic E-state index is 13.1. The zero-order valence-electron chi connectivity index (χ0n) is 10.7. The van der Waals surface area contributed by atoms with E-state index in [0.29, 0.717) is 31.2 Å². The molecule has 5 nitrogen and oxygen atoms in total. The lowest BCUT2D eigenvalue weighted by Crippen LogP contribution is -2.18. The van der Waals surface area contributed by atoms with Gasteiger partial charge in [-0.15, -0.1) is 12.4 Å². The second-order valence-corrected chi connectivity index (χ2v) is 3.81. The topological polar surface area (TPSA) is 60.2 Å². The predicted octanol–water partition coefficient (Wildman–Crippen LogP) is 2.17. The summed E-state index contributed by atoms with van der Waals surface area (Å²) in [5.41, 5.74) is 0.366. The lowest BCUT2D eigenvalue weighted by molar-refractivity contribution is 0.197. The molecular weight excluding hydrogens is 292 g/mol. The Morgan fingerprint density at radius 3 is 2.80 bits per heavy atom. The number of hydrogen-bond donors (Lipinski definition) is 1. The van der Waals surface area contributed by atoms with Crippen molar-refractivity contribution in [2.24, 2.45) is 0 Å². The Hall–Kier alpha value is -1.57. The summed E-state index contributed by atoms with van der Waals surface area (Å²) in [6, 6.07) is 3.45. The van der Waals surface area contributed by atoms with Crippen LogP contribution in [0.25, 0.3) is 11.4 Å². The molecule has 0 amide bonds. The summed E-state index contributed by atoms with van der Waals surface area (Å²) < 4.78 is 35.7. The molecule has 0 aliphatic heterocycles. The predicted molar refractivity (Wildman–Crippen MR) is 70.5 cm³/mol. The molecule has 0 atom stereocenters. The van der Waals surface area contributed by atoms with E-state index in [9.17, 15) is 8.78 Å². The zero-order valence-corrected chi connectivity index (χ0v) is 11.5. The van der Waals surface area contributed by atoms with Gasteiger partial charge in [0.1, 0.15) is 0 Å². The van der Waals surface area contributed by atoms with Gasteiger partial charge < -0.3 is 14.6 Å². The van der Waals surface area contributed by atoms with Crippen molar-refractivity contribution >= 4 is 12.4 Å². The fraction of sp³-hybridized carbons (Fsp3) is 0.333. The average Bonchev–Trinajstić information content (AvgIpc) is 2.87. The van der Waals surface area contributed by atoms with Crippen LogP contribution in [-0.4, -0.2) is 30.4 Å². The number of aromatic nitrogens is 2. The molecule has 2 rings (SSSR count). The molecule has 0 saturated carbocycles. The van der Waals surface area contributed by atoms with Crippen LogP contribution in [0.3, 0.4) is 0 Å². The van der Waals surface area contributed by atoms with Gasteiger partial charge in [0.15, 0.2) is 11.6 Å². The van der Waals surface area contributed by atoms with Crippen molar-refractivity contribution in [1.82, 2.24) is 15.5 Å². The van der Waals surface area contributed by atoms with E-state index in [1.165, 1.54) is 6.07 Å². The Labute approximate surface area is 120 Å². The smallest absolute Gasteiger partial charge is 0.240 e. The van der Waals surface area contributed by atoms with Crippen LogP contribution in [0.1, 0.15) is 5.89 Å². The van der Waals surface area contributed by atoms with E-state index in [4.69, 9.17) is 9.26 Å². The minimum Gasteiger partial charge on any atom is -0.383 e. The molecule has 110 valence electrons. The molecule has 0 unspecified atom stereocenters. The maximum Gasteiger partial charge on any atom is 0.240 e. The molecule has 0 aliphatic rings. The summed E-state index contributed by atoms with van der Waals surface area (Å²) in [6.07, 6.45) is 0. The normalized spacial score (nSPS) is 10.3. The summed E-state index contributed by atoms with van der Waals surface area (Å²) in [6.45, 7) is 1.61. The molecule has 0 spiro atoms. The largest absolute Gasteiger partial charge is 0.383 e. The van der Waals surface area contributed by atoms with Crippen LogP contribution in [0.15, 0.2) is 22.7 Å². The minimum atomic E-state index is -0.943. The lowest BCUT2D eigenvalue weighted by Gasteiger charge is -1.98. The van der Waals surface area contributed by atoms with Crippen molar-refractivity contribution in [2.75, 3.05) is 20.3 Å². The van der Waals surface area contributed by atoms with Crippen molar-refractivity contribution in [1.29, 1.82) is 0 Å². The molecule has 0 bridgehead atoms. The summed E-state index contributed by atoms with van der Waals surface area (Å²) in [4.78, 5) is 4.08. The lowest BCUT2D eigenvalue weighted by atomic mass is 10.2. The third-order valence-corrected chi connectivity index (χ3v) is 2.41. The number of rotatable bonds is 6. The molecule has 8 heteroatoms.